The van der Waals surface area contributed by atoms with E-state index in [0.29, 0.717) is 35.7 Å². The van der Waals surface area contributed by atoms with Crippen molar-refractivity contribution in [3.05, 3.63) is 76.2 Å². The Kier molecular flexibility index (Phi) is 5.73. The Morgan fingerprint density at radius 2 is 1.94 bits per heavy atom. The minimum atomic E-state index is -1.59. The molecule has 5 nitrogen and oxygen atoms in total. The number of piperidine rings is 1. The highest BCUT2D eigenvalue weighted by Crippen LogP contribution is 2.43. The van der Waals surface area contributed by atoms with E-state index in [1.54, 1.807) is 29.2 Å². The molecule has 5 rings (SSSR count). The van der Waals surface area contributed by atoms with Gasteiger partial charge in [-0.3, -0.25) is 4.79 Å². The summed E-state index contributed by atoms with van der Waals surface area (Å²) in [6.45, 7) is 4.55. The first-order chi connectivity index (χ1) is 16.4. The maximum absolute atomic E-state index is 15.8. The summed E-state index contributed by atoms with van der Waals surface area (Å²) in [5.74, 6) is 1.30. The number of carbonyl (C=O) groups excluding carboxylic acids is 1. The average molecular weight is 457 g/mol. The number of aromatic nitrogens is 2. The van der Waals surface area contributed by atoms with Crippen molar-refractivity contribution in [1.29, 1.82) is 5.26 Å². The first-order valence-electron chi connectivity index (χ1n) is 12.0. The summed E-state index contributed by atoms with van der Waals surface area (Å²) < 4.78 is 15.8. The molecule has 1 N–H and O–H groups in total. The molecule has 1 saturated heterocycles. The lowest BCUT2D eigenvalue weighted by atomic mass is 9.76. The summed E-state index contributed by atoms with van der Waals surface area (Å²) >= 11 is 0. The van der Waals surface area contributed by atoms with Crippen molar-refractivity contribution >= 4 is 5.91 Å². The van der Waals surface area contributed by atoms with E-state index >= 15 is 4.39 Å². The zero-order valence-electron chi connectivity index (χ0n) is 19.7. The minimum Gasteiger partial charge on any atom is -0.342 e. The average Bonchev–Trinajstić information content (AvgIpc) is 3.24. The van der Waals surface area contributed by atoms with Crippen LogP contribution in [0, 0.1) is 25.2 Å². The quantitative estimate of drug-likeness (QED) is 0.528. The molecule has 0 bridgehead atoms. The fraction of sp³-hybridized carbons (Fsp3) is 0.393. The second-order valence-corrected chi connectivity index (χ2v) is 9.68. The van der Waals surface area contributed by atoms with Gasteiger partial charge in [0.1, 0.15) is 11.5 Å². The Morgan fingerprint density at radius 3 is 2.56 bits per heavy atom. The SMILES string of the molecule is Cc1ncc(-c2cc(C(=O)N3CCC(F)(c4ccccc4C#N)CC3)c(C)cc2C2CCC2)[nH]1. The third kappa shape index (κ3) is 3.90. The van der Waals surface area contributed by atoms with Crippen LogP contribution in [0.15, 0.2) is 42.6 Å². The van der Waals surface area contributed by atoms with Gasteiger partial charge in [-0.1, -0.05) is 30.7 Å². The number of amides is 1. The highest BCUT2D eigenvalue weighted by atomic mass is 19.1. The maximum atomic E-state index is 15.8. The minimum absolute atomic E-state index is 0.0641. The van der Waals surface area contributed by atoms with Crippen molar-refractivity contribution in [1.82, 2.24) is 14.9 Å². The first-order valence-corrected chi connectivity index (χ1v) is 12.0. The summed E-state index contributed by atoms with van der Waals surface area (Å²) in [4.78, 5) is 23.0. The summed E-state index contributed by atoms with van der Waals surface area (Å²) in [7, 11) is 0. The summed E-state index contributed by atoms with van der Waals surface area (Å²) in [6, 6.07) is 13.1. The molecule has 0 spiro atoms. The molecule has 0 radical (unpaired) electrons. The van der Waals surface area contributed by atoms with Crippen molar-refractivity contribution < 1.29 is 9.18 Å². The van der Waals surface area contributed by atoms with Crippen molar-refractivity contribution in [2.24, 2.45) is 0 Å². The number of hydrogen-bond donors (Lipinski definition) is 1. The van der Waals surface area contributed by atoms with Crippen LogP contribution < -0.4 is 0 Å². The molecule has 6 heteroatoms. The van der Waals surface area contributed by atoms with Gasteiger partial charge >= 0.3 is 0 Å². The van der Waals surface area contributed by atoms with Crippen LogP contribution in [-0.4, -0.2) is 33.9 Å². The molecule has 2 fully saturated rings. The molecular weight excluding hydrogens is 427 g/mol. The van der Waals surface area contributed by atoms with Gasteiger partial charge in [-0.2, -0.15) is 5.26 Å². The number of nitrogens with one attached hydrogen (secondary N) is 1. The first kappa shape index (κ1) is 22.3. The van der Waals surface area contributed by atoms with Crippen LogP contribution in [0.25, 0.3) is 11.3 Å². The largest absolute Gasteiger partial charge is 0.342 e. The van der Waals surface area contributed by atoms with Gasteiger partial charge in [0.2, 0.25) is 0 Å². The monoisotopic (exact) mass is 456 g/mol. The van der Waals surface area contributed by atoms with Crippen LogP contribution in [-0.2, 0) is 5.67 Å². The zero-order valence-corrected chi connectivity index (χ0v) is 19.7. The maximum Gasteiger partial charge on any atom is 0.254 e. The molecule has 1 saturated carbocycles. The van der Waals surface area contributed by atoms with E-state index in [4.69, 9.17) is 0 Å². The molecule has 3 aromatic rings. The lowest BCUT2D eigenvalue weighted by Crippen LogP contribution is -2.43. The number of likely N-dealkylation sites (tertiary alicyclic amines) is 1. The Morgan fingerprint density at radius 1 is 1.21 bits per heavy atom. The number of alkyl halides is 1. The number of aryl methyl sites for hydroxylation is 2. The predicted octanol–water partition coefficient (Wildman–Crippen LogP) is 5.93. The standard InChI is InChI=1S/C28H29FN4O/c1-18-14-23(20-7-5-8-20)24(26-17-31-19(2)32-26)15-22(18)27(34)33-12-10-28(29,11-13-33)25-9-4-3-6-21(25)16-30/h3-4,6,9,14-15,17,20H,5,7-8,10-13H2,1-2H3,(H,31,32). The van der Waals surface area contributed by atoms with E-state index in [0.717, 1.165) is 22.6 Å². The second-order valence-electron chi connectivity index (χ2n) is 9.68. The van der Waals surface area contributed by atoms with Gasteiger partial charge in [0, 0.05) is 42.6 Å². The summed E-state index contributed by atoms with van der Waals surface area (Å²) in [5, 5.41) is 9.40. The number of nitriles is 1. The molecule has 0 unspecified atom stereocenters. The third-order valence-electron chi connectivity index (χ3n) is 7.54. The summed E-state index contributed by atoms with van der Waals surface area (Å²) in [5.41, 5.74) is 4.08. The van der Waals surface area contributed by atoms with Gasteiger partial charge in [-0.15, -0.1) is 0 Å². The molecule has 1 aromatic heterocycles. The number of halogens is 1. The summed E-state index contributed by atoms with van der Waals surface area (Å²) in [6.07, 6.45) is 5.77. The van der Waals surface area contributed by atoms with Gasteiger partial charge in [0.15, 0.2) is 0 Å². The number of benzene rings is 2. The number of hydrogen-bond acceptors (Lipinski definition) is 3. The Balaban J connectivity index is 1.41. The topological polar surface area (TPSA) is 72.8 Å². The second kappa shape index (κ2) is 8.72. The number of rotatable bonds is 4. The molecule has 2 aliphatic rings. The van der Waals surface area contributed by atoms with E-state index < -0.39 is 5.67 Å². The van der Waals surface area contributed by atoms with E-state index in [1.807, 2.05) is 26.1 Å². The number of carbonyl (C=O) groups is 1. The highest BCUT2D eigenvalue weighted by molar-refractivity contribution is 5.97. The molecule has 1 aliphatic carbocycles. The van der Waals surface area contributed by atoms with Crippen LogP contribution >= 0.6 is 0 Å². The van der Waals surface area contributed by atoms with E-state index in [1.165, 1.54) is 24.8 Å². The fourth-order valence-electron chi connectivity index (χ4n) is 5.28. The van der Waals surface area contributed by atoms with E-state index in [-0.39, 0.29) is 18.7 Å². The predicted molar refractivity (Wildman–Crippen MR) is 129 cm³/mol. The van der Waals surface area contributed by atoms with Gasteiger partial charge in [0.05, 0.1) is 23.5 Å². The van der Waals surface area contributed by atoms with Crippen LogP contribution in [0.3, 0.4) is 0 Å². The van der Waals surface area contributed by atoms with Gasteiger partial charge in [0.25, 0.3) is 5.91 Å². The third-order valence-corrected chi connectivity index (χ3v) is 7.54. The van der Waals surface area contributed by atoms with E-state index in [2.05, 4.69) is 22.1 Å². The number of H-pyrrole nitrogens is 1. The normalized spacial score (nSPS) is 17.8. The molecule has 0 atom stereocenters. The van der Waals surface area contributed by atoms with Gasteiger partial charge < -0.3 is 9.88 Å². The van der Waals surface area contributed by atoms with Crippen molar-refractivity contribution in [2.45, 2.75) is 57.5 Å². The van der Waals surface area contributed by atoms with Crippen molar-refractivity contribution in [3.8, 4) is 17.3 Å². The smallest absolute Gasteiger partial charge is 0.254 e. The van der Waals surface area contributed by atoms with Crippen LogP contribution in [0.4, 0.5) is 4.39 Å². The van der Waals surface area contributed by atoms with Crippen molar-refractivity contribution in [2.75, 3.05) is 13.1 Å². The van der Waals surface area contributed by atoms with Crippen LogP contribution in [0.5, 0.6) is 0 Å². The fourth-order valence-corrected chi connectivity index (χ4v) is 5.28. The number of nitrogens with zero attached hydrogens (tertiary/aromatic N) is 3. The van der Waals surface area contributed by atoms with E-state index in [9.17, 15) is 10.1 Å². The van der Waals surface area contributed by atoms with Gasteiger partial charge in [-0.25, -0.2) is 9.37 Å². The van der Waals surface area contributed by atoms with Gasteiger partial charge in [-0.05, 0) is 55.9 Å². The Hall–Kier alpha value is -3.46. The lowest BCUT2D eigenvalue weighted by Gasteiger charge is -2.37. The molecule has 2 aromatic carbocycles. The Labute approximate surface area is 199 Å². The van der Waals surface area contributed by atoms with Crippen molar-refractivity contribution in [3.63, 3.8) is 0 Å². The Bertz CT molecular complexity index is 1280. The molecule has 174 valence electrons. The highest BCUT2D eigenvalue weighted by Gasteiger charge is 2.39. The molecule has 1 amide bonds. The van der Waals surface area contributed by atoms with Crippen LogP contribution in [0.2, 0.25) is 0 Å². The number of aromatic amines is 1. The zero-order chi connectivity index (χ0) is 23.9. The molecule has 34 heavy (non-hydrogen) atoms. The lowest BCUT2D eigenvalue weighted by molar-refractivity contribution is 0.0420. The molecular formula is C28H29FN4O. The van der Waals surface area contributed by atoms with Crippen LogP contribution in [0.1, 0.15) is 76.5 Å². The number of imidazole rings is 1. The molecule has 1 aliphatic heterocycles. The molecule has 2 heterocycles.